The van der Waals surface area contributed by atoms with Gasteiger partial charge in [-0.15, -0.1) is 0 Å². The molecule has 0 saturated carbocycles. The van der Waals surface area contributed by atoms with E-state index in [1.165, 1.54) is 0 Å². The molecule has 0 spiro atoms. The molecule has 5 heteroatoms. The van der Waals surface area contributed by atoms with Gasteiger partial charge in [0.1, 0.15) is 11.6 Å². The van der Waals surface area contributed by atoms with Crippen LogP contribution in [0.15, 0.2) is 18.5 Å². The molecule has 0 atom stereocenters. The van der Waals surface area contributed by atoms with Crippen LogP contribution < -0.4 is 5.32 Å². The molecule has 1 N–H and O–H groups in total. The lowest BCUT2D eigenvalue weighted by molar-refractivity contribution is 0.767. The molecule has 17 heavy (non-hydrogen) atoms. The van der Waals surface area contributed by atoms with Crippen LogP contribution in [0.2, 0.25) is 0 Å². The largest absolute Gasteiger partial charge is 0.373 e. The maximum atomic E-state index is 4.56. The summed E-state index contributed by atoms with van der Waals surface area (Å²) < 4.78 is 1.77. The Hall–Kier alpha value is -1.91. The number of hydrogen-bond acceptors (Lipinski definition) is 4. The molecule has 2 aromatic rings. The SMILES string of the molecule is CNc1cc(-c2cnn(C)c2)nc(C(C)C)n1. The van der Waals surface area contributed by atoms with E-state index < -0.39 is 0 Å². The van der Waals surface area contributed by atoms with Crippen LogP contribution in [0, 0.1) is 0 Å². The lowest BCUT2D eigenvalue weighted by atomic mass is 10.2. The van der Waals surface area contributed by atoms with Gasteiger partial charge in [0.2, 0.25) is 0 Å². The van der Waals surface area contributed by atoms with E-state index in [1.54, 1.807) is 4.68 Å². The van der Waals surface area contributed by atoms with Crippen molar-refractivity contribution in [3.63, 3.8) is 0 Å². The molecule has 2 aromatic heterocycles. The fourth-order valence-corrected chi connectivity index (χ4v) is 1.55. The second-order valence-corrected chi connectivity index (χ2v) is 4.30. The van der Waals surface area contributed by atoms with Crippen molar-refractivity contribution in [2.45, 2.75) is 19.8 Å². The van der Waals surface area contributed by atoms with Gasteiger partial charge in [0.15, 0.2) is 0 Å². The van der Waals surface area contributed by atoms with Gasteiger partial charge >= 0.3 is 0 Å². The summed E-state index contributed by atoms with van der Waals surface area (Å²) in [6, 6.07) is 1.93. The van der Waals surface area contributed by atoms with E-state index in [4.69, 9.17) is 0 Å². The highest BCUT2D eigenvalue weighted by atomic mass is 15.2. The van der Waals surface area contributed by atoms with Crippen LogP contribution >= 0.6 is 0 Å². The molecule has 0 radical (unpaired) electrons. The minimum atomic E-state index is 0.304. The van der Waals surface area contributed by atoms with Gasteiger partial charge in [0.05, 0.1) is 11.9 Å². The van der Waals surface area contributed by atoms with Gasteiger partial charge in [-0.3, -0.25) is 4.68 Å². The van der Waals surface area contributed by atoms with Gasteiger partial charge in [-0.25, -0.2) is 9.97 Å². The lowest BCUT2D eigenvalue weighted by Crippen LogP contribution is -2.03. The summed E-state index contributed by atoms with van der Waals surface area (Å²) in [4.78, 5) is 8.99. The Balaban J connectivity index is 2.49. The molecule has 0 unspecified atom stereocenters. The van der Waals surface area contributed by atoms with Crippen LogP contribution in [0.25, 0.3) is 11.3 Å². The van der Waals surface area contributed by atoms with Crippen molar-refractivity contribution in [2.75, 3.05) is 12.4 Å². The van der Waals surface area contributed by atoms with Crippen LogP contribution in [0.1, 0.15) is 25.6 Å². The molecule has 0 saturated heterocycles. The Morgan fingerprint density at radius 1 is 1.29 bits per heavy atom. The number of nitrogens with one attached hydrogen (secondary N) is 1. The third-order valence-electron chi connectivity index (χ3n) is 2.52. The summed E-state index contributed by atoms with van der Waals surface area (Å²) in [5.74, 6) is 1.98. The van der Waals surface area contributed by atoms with E-state index in [0.717, 1.165) is 22.9 Å². The third kappa shape index (κ3) is 2.43. The van der Waals surface area contributed by atoms with E-state index in [1.807, 2.05) is 32.6 Å². The Labute approximate surface area is 101 Å². The second-order valence-electron chi connectivity index (χ2n) is 4.30. The number of aryl methyl sites for hydroxylation is 1. The maximum absolute atomic E-state index is 4.56. The molecule has 5 nitrogen and oxygen atoms in total. The quantitative estimate of drug-likeness (QED) is 0.878. The predicted octanol–water partition coefficient (Wildman–Crippen LogP) is 2.04. The van der Waals surface area contributed by atoms with Gasteiger partial charge in [0, 0.05) is 37.8 Å². The van der Waals surface area contributed by atoms with Crippen LogP contribution in [0.4, 0.5) is 5.82 Å². The van der Waals surface area contributed by atoms with Crippen molar-refractivity contribution < 1.29 is 0 Å². The standard InChI is InChI=1S/C12H17N5/c1-8(2)12-15-10(5-11(13-3)16-12)9-6-14-17(4)7-9/h5-8H,1-4H3,(H,13,15,16). The molecule has 0 bridgehead atoms. The van der Waals surface area contributed by atoms with Crippen molar-refractivity contribution >= 4 is 5.82 Å². The van der Waals surface area contributed by atoms with E-state index in [9.17, 15) is 0 Å². The Morgan fingerprint density at radius 2 is 2.06 bits per heavy atom. The van der Waals surface area contributed by atoms with Crippen molar-refractivity contribution in [1.29, 1.82) is 0 Å². The monoisotopic (exact) mass is 231 g/mol. The smallest absolute Gasteiger partial charge is 0.133 e. The zero-order valence-corrected chi connectivity index (χ0v) is 10.6. The minimum Gasteiger partial charge on any atom is -0.373 e. The Kier molecular flexibility index (Phi) is 3.08. The van der Waals surface area contributed by atoms with E-state index in [-0.39, 0.29) is 0 Å². The number of rotatable bonds is 3. The topological polar surface area (TPSA) is 55.6 Å². The molecule has 0 aliphatic carbocycles. The molecule has 0 fully saturated rings. The molecule has 2 heterocycles. The summed E-state index contributed by atoms with van der Waals surface area (Å²) in [6.07, 6.45) is 3.76. The van der Waals surface area contributed by atoms with E-state index in [0.29, 0.717) is 5.92 Å². The van der Waals surface area contributed by atoms with E-state index >= 15 is 0 Å². The summed E-state index contributed by atoms with van der Waals surface area (Å²) in [5, 5.41) is 7.22. The summed E-state index contributed by atoms with van der Waals surface area (Å²) in [5.41, 5.74) is 1.91. The van der Waals surface area contributed by atoms with Gasteiger partial charge in [-0.1, -0.05) is 13.8 Å². The lowest BCUT2D eigenvalue weighted by Gasteiger charge is -2.08. The molecule has 0 aliphatic rings. The molecule has 0 amide bonds. The summed E-state index contributed by atoms with van der Waals surface area (Å²) in [7, 11) is 3.76. The highest BCUT2D eigenvalue weighted by Crippen LogP contribution is 2.21. The first kappa shape index (κ1) is 11.6. The number of anilines is 1. The number of nitrogens with zero attached hydrogens (tertiary/aromatic N) is 4. The molecule has 2 rings (SSSR count). The highest BCUT2D eigenvalue weighted by molar-refractivity contribution is 5.60. The average molecular weight is 231 g/mol. The molecular weight excluding hydrogens is 214 g/mol. The highest BCUT2D eigenvalue weighted by Gasteiger charge is 2.09. The van der Waals surface area contributed by atoms with Crippen LogP contribution in [-0.4, -0.2) is 26.8 Å². The normalized spacial score (nSPS) is 10.9. The van der Waals surface area contributed by atoms with Crippen LogP contribution in [-0.2, 0) is 7.05 Å². The Morgan fingerprint density at radius 3 is 2.59 bits per heavy atom. The van der Waals surface area contributed by atoms with Gasteiger partial charge in [-0.05, 0) is 0 Å². The molecule has 0 aliphatic heterocycles. The minimum absolute atomic E-state index is 0.304. The fraction of sp³-hybridized carbons (Fsp3) is 0.417. The number of aromatic nitrogens is 4. The van der Waals surface area contributed by atoms with Gasteiger partial charge in [0.25, 0.3) is 0 Å². The number of hydrogen-bond donors (Lipinski definition) is 1. The van der Waals surface area contributed by atoms with Crippen LogP contribution in [0.3, 0.4) is 0 Å². The zero-order valence-electron chi connectivity index (χ0n) is 10.6. The Bertz CT molecular complexity index is 515. The van der Waals surface area contributed by atoms with Crippen molar-refractivity contribution in [3.05, 3.63) is 24.3 Å². The first-order chi connectivity index (χ1) is 8.10. The predicted molar refractivity (Wildman–Crippen MR) is 67.9 cm³/mol. The molecule has 0 aromatic carbocycles. The van der Waals surface area contributed by atoms with Crippen molar-refractivity contribution in [1.82, 2.24) is 19.7 Å². The fourth-order valence-electron chi connectivity index (χ4n) is 1.55. The zero-order chi connectivity index (χ0) is 12.4. The second kappa shape index (κ2) is 4.53. The van der Waals surface area contributed by atoms with Gasteiger partial charge in [-0.2, -0.15) is 5.10 Å². The third-order valence-corrected chi connectivity index (χ3v) is 2.52. The maximum Gasteiger partial charge on any atom is 0.133 e. The molecular formula is C12H17N5. The van der Waals surface area contributed by atoms with Crippen LogP contribution in [0.5, 0.6) is 0 Å². The first-order valence-corrected chi connectivity index (χ1v) is 5.66. The van der Waals surface area contributed by atoms with Gasteiger partial charge < -0.3 is 5.32 Å². The molecule has 90 valence electrons. The summed E-state index contributed by atoms with van der Waals surface area (Å²) >= 11 is 0. The van der Waals surface area contributed by atoms with Crippen molar-refractivity contribution in [2.24, 2.45) is 7.05 Å². The average Bonchev–Trinajstić information content (AvgIpc) is 2.75. The van der Waals surface area contributed by atoms with Crippen molar-refractivity contribution in [3.8, 4) is 11.3 Å². The summed E-state index contributed by atoms with van der Waals surface area (Å²) in [6.45, 7) is 4.17. The first-order valence-electron chi connectivity index (χ1n) is 5.66. The van der Waals surface area contributed by atoms with E-state index in [2.05, 4.69) is 34.2 Å².